The monoisotopic (exact) mass is 384 g/mol. The summed E-state index contributed by atoms with van der Waals surface area (Å²) in [4.78, 5) is 33.0. The van der Waals surface area contributed by atoms with Crippen LogP contribution < -0.4 is 10.1 Å². The van der Waals surface area contributed by atoms with Gasteiger partial charge in [0.2, 0.25) is 0 Å². The summed E-state index contributed by atoms with van der Waals surface area (Å²) in [5.41, 5.74) is -0.489. The van der Waals surface area contributed by atoms with Gasteiger partial charge in [0.15, 0.2) is 12.4 Å². The number of rotatable bonds is 6. The van der Waals surface area contributed by atoms with Crippen molar-refractivity contribution in [2.24, 2.45) is 0 Å². The van der Waals surface area contributed by atoms with Crippen molar-refractivity contribution in [2.75, 3.05) is 11.9 Å². The Labute approximate surface area is 151 Å². The maximum Gasteiger partial charge on any atom is 0.335 e. The minimum absolute atomic E-state index is 0.228. The Kier molecular flexibility index (Phi) is 5.79. The molecular weight excluding hydrogens is 375 g/mol. The Hall–Kier alpha value is -2.84. The second-order valence-electron chi connectivity index (χ2n) is 4.74. The lowest BCUT2D eigenvalue weighted by atomic mass is 10.2. The van der Waals surface area contributed by atoms with E-state index in [-0.39, 0.29) is 11.3 Å². The predicted octanol–water partition coefficient (Wildman–Crippen LogP) is 3.62. The molecular formula is C15H10Cl2N2O6. The lowest BCUT2D eigenvalue weighted by molar-refractivity contribution is -0.385. The molecule has 0 aliphatic rings. The molecule has 0 unspecified atom stereocenters. The van der Waals surface area contributed by atoms with Crippen molar-refractivity contribution in [1.82, 2.24) is 0 Å². The largest absolute Gasteiger partial charge is 0.478 e. The highest BCUT2D eigenvalue weighted by Gasteiger charge is 2.19. The van der Waals surface area contributed by atoms with E-state index in [0.717, 1.165) is 18.2 Å². The summed E-state index contributed by atoms with van der Waals surface area (Å²) in [6.07, 6.45) is 0. The molecule has 0 aromatic heterocycles. The van der Waals surface area contributed by atoms with E-state index in [1.165, 1.54) is 18.2 Å². The first-order valence-electron chi connectivity index (χ1n) is 6.67. The van der Waals surface area contributed by atoms with Crippen LogP contribution in [0.15, 0.2) is 36.4 Å². The van der Waals surface area contributed by atoms with Gasteiger partial charge < -0.3 is 15.2 Å². The maximum atomic E-state index is 11.9. The van der Waals surface area contributed by atoms with E-state index >= 15 is 0 Å². The fraction of sp³-hybridized carbons (Fsp3) is 0.0667. The van der Waals surface area contributed by atoms with Crippen LogP contribution in [0.25, 0.3) is 0 Å². The molecule has 2 N–H and O–H groups in total. The molecule has 25 heavy (non-hydrogen) atoms. The van der Waals surface area contributed by atoms with E-state index in [2.05, 4.69) is 5.32 Å². The van der Waals surface area contributed by atoms with Gasteiger partial charge in [0.25, 0.3) is 5.91 Å². The Morgan fingerprint density at radius 2 is 1.80 bits per heavy atom. The van der Waals surface area contributed by atoms with E-state index in [1.54, 1.807) is 0 Å². The number of hydrogen-bond donors (Lipinski definition) is 2. The number of carboxylic acid groups (broad SMARTS) is 1. The van der Waals surface area contributed by atoms with Gasteiger partial charge in [-0.15, -0.1) is 0 Å². The molecule has 0 fully saturated rings. The number of hydrogen-bond acceptors (Lipinski definition) is 5. The quantitative estimate of drug-likeness (QED) is 0.579. The molecule has 2 aromatic carbocycles. The van der Waals surface area contributed by atoms with Crippen molar-refractivity contribution in [1.29, 1.82) is 0 Å². The van der Waals surface area contributed by atoms with Crippen LogP contribution >= 0.6 is 23.2 Å². The molecule has 0 spiro atoms. The van der Waals surface area contributed by atoms with E-state index in [1.807, 2.05) is 0 Å². The lowest BCUT2D eigenvalue weighted by Crippen LogP contribution is -2.20. The van der Waals surface area contributed by atoms with Crippen LogP contribution in [0.1, 0.15) is 10.4 Å². The van der Waals surface area contributed by atoms with Crippen LogP contribution in [0.3, 0.4) is 0 Å². The predicted molar refractivity (Wildman–Crippen MR) is 90.6 cm³/mol. The van der Waals surface area contributed by atoms with Gasteiger partial charge in [-0.25, -0.2) is 4.79 Å². The molecule has 0 aliphatic heterocycles. The highest BCUT2D eigenvalue weighted by atomic mass is 35.5. The number of carboxylic acids is 1. The van der Waals surface area contributed by atoms with Crippen molar-refractivity contribution in [3.05, 3.63) is 62.1 Å². The molecule has 0 saturated carbocycles. The van der Waals surface area contributed by atoms with Crippen molar-refractivity contribution in [2.45, 2.75) is 0 Å². The number of nitro groups is 1. The summed E-state index contributed by atoms with van der Waals surface area (Å²) in [5.74, 6) is -2.14. The van der Waals surface area contributed by atoms with Crippen molar-refractivity contribution in [3.63, 3.8) is 0 Å². The fourth-order valence-corrected chi connectivity index (χ4v) is 2.41. The minimum Gasteiger partial charge on any atom is -0.478 e. The molecule has 0 radical (unpaired) electrons. The number of nitrogens with one attached hydrogen (secondary N) is 1. The van der Waals surface area contributed by atoms with Crippen molar-refractivity contribution < 1.29 is 24.4 Å². The third-order valence-corrected chi connectivity index (χ3v) is 3.34. The average Bonchev–Trinajstić information content (AvgIpc) is 2.51. The number of halogens is 2. The number of carbonyl (C=O) groups excluding carboxylic acids is 1. The zero-order valence-corrected chi connectivity index (χ0v) is 13.9. The van der Waals surface area contributed by atoms with E-state index in [0.29, 0.717) is 15.7 Å². The highest BCUT2D eigenvalue weighted by molar-refractivity contribution is 6.35. The summed E-state index contributed by atoms with van der Waals surface area (Å²) >= 11 is 11.6. The first kappa shape index (κ1) is 18.5. The second-order valence-corrected chi connectivity index (χ2v) is 5.61. The summed E-state index contributed by atoms with van der Waals surface area (Å²) < 4.78 is 5.12. The zero-order chi connectivity index (χ0) is 18.6. The van der Waals surface area contributed by atoms with Gasteiger partial charge in [0, 0.05) is 21.8 Å². The summed E-state index contributed by atoms with van der Waals surface area (Å²) in [6, 6.07) is 7.53. The third-order valence-electron chi connectivity index (χ3n) is 2.91. The third kappa shape index (κ3) is 5.07. The molecule has 2 rings (SSSR count). The number of carbonyl (C=O) groups is 2. The smallest absolute Gasteiger partial charge is 0.335 e. The number of ether oxygens (including phenoxy) is 1. The van der Waals surface area contributed by atoms with Crippen LogP contribution in [-0.2, 0) is 4.79 Å². The topological polar surface area (TPSA) is 119 Å². The van der Waals surface area contributed by atoms with Crippen molar-refractivity contribution in [3.8, 4) is 5.75 Å². The molecule has 0 bridgehead atoms. The normalized spacial score (nSPS) is 10.2. The lowest BCUT2D eigenvalue weighted by Gasteiger charge is -2.09. The first-order chi connectivity index (χ1) is 11.8. The van der Waals surface area contributed by atoms with E-state index in [9.17, 15) is 19.7 Å². The van der Waals surface area contributed by atoms with Crippen LogP contribution in [0.2, 0.25) is 10.0 Å². The number of anilines is 1. The SMILES string of the molecule is O=C(COc1ccc(C(=O)O)cc1[N+](=O)[O-])Nc1cc(Cl)cc(Cl)c1. The average molecular weight is 385 g/mol. The second kappa shape index (κ2) is 7.82. The summed E-state index contributed by atoms with van der Waals surface area (Å²) in [6.45, 7) is -0.530. The molecule has 0 heterocycles. The Morgan fingerprint density at radius 3 is 2.36 bits per heavy atom. The first-order valence-corrected chi connectivity index (χ1v) is 7.42. The molecule has 8 nitrogen and oxygen atoms in total. The van der Waals surface area contributed by atoms with Gasteiger partial charge in [0.05, 0.1) is 10.5 Å². The van der Waals surface area contributed by atoms with Crippen LogP contribution in [0, 0.1) is 10.1 Å². The number of nitro benzene ring substituents is 1. The standard InChI is InChI=1S/C15H10Cl2N2O6/c16-9-4-10(17)6-11(5-9)18-14(20)7-25-13-2-1-8(15(21)22)3-12(13)19(23)24/h1-6H,7H2,(H,18,20)(H,21,22). The van der Waals surface area contributed by atoms with Crippen LogP contribution in [-0.4, -0.2) is 28.5 Å². The van der Waals surface area contributed by atoms with Gasteiger partial charge >= 0.3 is 11.7 Å². The highest BCUT2D eigenvalue weighted by Crippen LogP contribution is 2.28. The van der Waals surface area contributed by atoms with Gasteiger partial charge in [-0.2, -0.15) is 0 Å². The summed E-state index contributed by atoms with van der Waals surface area (Å²) in [5, 5.41) is 23.0. The molecule has 130 valence electrons. The molecule has 0 atom stereocenters. The number of nitrogens with zero attached hydrogens (tertiary/aromatic N) is 1. The van der Waals surface area contributed by atoms with Gasteiger partial charge in [-0.05, 0) is 30.3 Å². The van der Waals surface area contributed by atoms with Crippen LogP contribution in [0.5, 0.6) is 5.75 Å². The maximum absolute atomic E-state index is 11.9. The molecule has 0 saturated heterocycles. The van der Waals surface area contributed by atoms with Gasteiger partial charge in [-0.1, -0.05) is 23.2 Å². The molecule has 2 aromatic rings. The minimum atomic E-state index is -1.31. The molecule has 0 aliphatic carbocycles. The van der Waals surface area contributed by atoms with Gasteiger partial charge in [-0.3, -0.25) is 14.9 Å². The summed E-state index contributed by atoms with van der Waals surface area (Å²) in [7, 11) is 0. The van der Waals surface area contributed by atoms with E-state index in [4.69, 9.17) is 33.0 Å². The van der Waals surface area contributed by atoms with Gasteiger partial charge in [0.1, 0.15) is 0 Å². The number of amides is 1. The zero-order valence-electron chi connectivity index (χ0n) is 12.4. The Morgan fingerprint density at radius 1 is 1.16 bits per heavy atom. The number of benzene rings is 2. The van der Waals surface area contributed by atoms with E-state index < -0.39 is 29.1 Å². The fourth-order valence-electron chi connectivity index (χ4n) is 1.88. The molecule has 1 amide bonds. The number of aromatic carboxylic acids is 1. The molecule has 10 heteroatoms. The van der Waals surface area contributed by atoms with Crippen LogP contribution in [0.4, 0.5) is 11.4 Å². The van der Waals surface area contributed by atoms with Crippen molar-refractivity contribution >= 4 is 46.5 Å². The Balaban J connectivity index is 2.08. The Bertz CT molecular complexity index is 836.